The minimum absolute atomic E-state index is 0. The Labute approximate surface area is 691 Å². The summed E-state index contributed by atoms with van der Waals surface area (Å²) in [5, 5.41) is 0. The van der Waals surface area contributed by atoms with E-state index in [0.717, 1.165) is 118 Å². The van der Waals surface area contributed by atoms with Gasteiger partial charge in [0.05, 0.1) is 88.5 Å². The summed E-state index contributed by atoms with van der Waals surface area (Å²) in [5.41, 5.74) is 9.23. The van der Waals surface area contributed by atoms with Gasteiger partial charge < -0.3 is 43.3 Å². The molecule has 606 valence electrons. The molecule has 0 atom stereocenters. The highest BCUT2D eigenvalue weighted by Crippen LogP contribution is 2.44. The lowest BCUT2D eigenvalue weighted by Gasteiger charge is -2.38. The van der Waals surface area contributed by atoms with E-state index in [-0.39, 0.29) is 91.2 Å². The lowest BCUT2D eigenvalue weighted by Crippen LogP contribution is -2.49. The second kappa shape index (κ2) is 36.7. The molecular formula is C90H85F3N10O12S3. The summed E-state index contributed by atoms with van der Waals surface area (Å²) in [7, 11) is 0. The number of Topliss-reactive ketones (excluding diaryl/α,β-unsaturated/α-hetero) is 3. The zero-order valence-electron chi connectivity index (χ0n) is 64.0. The number of carbonyl (C=O) groups is 7. The molecule has 12 aromatic rings. The number of nitrogens with zero attached hydrogens (tertiary/aromatic N) is 10. The second-order valence-corrected chi connectivity index (χ2v) is 33.4. The first-order valence-electron chi connectivity index (χ1n) is 39.2. The fourth-order valence-electron chi connectivity index (χ4n) is 14.8. The van der Waals surface area contributed by atoms with Gasteiger partial charge in [-0.3, -0.25) is 53.9 Å². The third kappa shape index (κ3) is 19.7. The molecule has 2 saturated carbocycles. The molecule has 0 unspecified atom stereocenters. The number of benzene rings is 3. The fraction of sp³-hybridized carbons (Fsp3) is 0.322. The van der Waals surface area contributed by atoms with Crippen molar-refractivity contribution in [2.75, 3.05) is 45.9 Å². The number of amides is 4. The van der Waals surface area contributed by atoms with Gasteiger partial charge in [-0.2, -0.15) is 0 Å². The molecule has 6 aliphatic rings. The molecule has 9 aromatic heterocycles. The first-order chi connectivity index (χ1) is 56.8. The van der Waals surface area contributed by atoms with Gasteiger partial charge in [0.1, 0.15) is 47.8 Å². The molecule has 3 aromatic carbocycles. The van der Waals surface area contributed by atoms with Crippen LogP contribution in [0.1, 0.15) is 118 Å². The SMILES string of the molecule is C.CC(=O)N1CC(CC(=O)Cc2ccc(Oc3ccnc4cc(-c5ccc(CN6CCCC6=O)cn5)sc34)c(F)c2)C1.O=C(Cc1ccc(Oc2ccnc3cc(-c4ccc(CN5CCOC5=O)cn4)sc23)c(F)c1)CC1CCC1.O=C(Cc1ccc(Oc2ccnc3cc(-c4ccc(CN5CCOC5=O)cn4)sc23)c(F)c1)CC1CCC1. The second-order valence-electron chi connectivity index (χ2n) is 30.3. The number of aromatic nitrogens is 6. The summed E-state index contributed by atoms with van der Waals surface area (Å²) in [4.78, 5) is 120. The Kier molecular flexibility index (Phi) is 25.3. The molecule has 22 nitrogen and oxygen atoms in total. The van der Waals surface area contributed by atoms with Crippen molar-refractivity contribution in [3.05, 3.63) is 215 Å². The van der Waals surface area contributed by atoms with Crippen LogP contribution in [0.5, 0.6) is 34.5 Å². The molecule has 0 radical (unpaired) electrons. The lowest BCUT2D eigenvalue weighted by molar-refractivity contribution is -0.137. The van der Waals surface area contributed by atoms with Crippen molar-refractivity contribution in [3.63, 3.8) is 0 Å². The maximum atomic E-state index is 15.0. The Hall–Kier alpha value is -11.9. The van der Waals surface area contributed by atoms with Crippen molar-refractivity contribution in [1.82, 2.24) is 49.5 Å². The molecule has 0 N–H and O–H groups in total. The van der Waals surface area contributed by atoms with E-state index in [1.807, 2.05) is 59.5 Å². The lowest BCUT2D eigenvalue weighted by atomic mass is 9.81. The van der Waals surface area contributed by atoms with Crippen molar-refractivity contribution in [2.24, 2.45) is 17.8 Å². The van der Waals surface area contributed by atoms with Crippen LogP contribution in [-0.4, -0.2) is 137 Å². The molecule has 118 heavy (non-hydrogen) atoms. The van der Waals surface area contributed by atoms with Gasteiger partial charge in [-0.15, -0.1) is 34.0 Å². The first kappa shape index (κ1) is 81.3. The van der Waals surface area contributed by atoms with E-state index < -0.39 is 17.5 Å². The average Bonchev–Trinajstić information content (AvgIpc) is 1.65. The summed E-state index contributed by atoms with van der Waals surface area (Å²) in [6.45, 7) is 6.98. The van der Waals surface area contributed by atoms with Crippen LogP contribution in [0.4, 0.5) is 22.8 Å². The van der Waals surface area contributed by atoms with E-state index >= 15 is 4.39 Å². The predicted octanol–water partition coefficient (Wildman–Crippen LogP) is 19.1. The van der Waals surface area contributed by atoms with Crippen LogP contribution in [0.15, 0.2) is 165 Å². The first-order valence-corrected chi connectivity index (χ1v) is 41.6. The molecule has 28 heteroatoms. The van der Waals surface area contributed by atoms with Crippen LogP contribution in [0.3, 0.4) is 0 Å². The van der Waals surface area contributed by atoms with E-state index in [9.17, 15) is 42.3 Å². The van der Waals surface area contributed by atoms with Gasteiger partial charge in [0.2, 0.25) is 11.8 Å². The van der Waals surface area contributed by atoms with E-state index in [2.05, 4.69) is 29.9 Å². The maximum absolute atomic E-state index is 15.0. The topological polar surface area (TPSA) is 256 Å². The molecular weight excluding hydrogens is 1570 g/mol. The van der Waals surface area contributed by atoms with Crippen molar-refractivity contribution >= 4 is 106 Å². The number of fused-ring (bicyclic) bond motifs is 3. The maximum Gasteiger partial charge on any atom is 0.410 e. The normalized spacial score (nSPS) is 15.3. The number of ether oxygens (including phenoxy) is 5. The van der Waals surface area contributed by atoms with Crippen molar-refractivity contribution in [1.29, 1.82) is 0 Å². The molecule has 4 aliphatic heterocycles. The number of likely N-dealkylation sites (tertiary alicyclic amines) is 2. The zero-order chi connectivity index (χ0) is 80.6. The van der Waals surface area contributed by atoms with Gasteiger partial charge in [-0.25, -0.2) is 22.8 Å². The van der Waals surface area contributed by atoms with Gasteiger partial charge in [0.25, 0.3) is 0 Å². The minimum Gasteiger partial charge on any atom is -0.453 e. The summed E-state index contributed by atoms with van der Waals surface area (Å²) in [6, 6.07) is 36.6. The fourth-order valence-corrected chi connectivity index (χ4v) is 17.9. The highest BCUT2D eigenvalue weighted by atomic mass is 32.1. The smallest absolute Gasteiger partial charge is 0.410 e. The molecule has 6 fully saturated rings. The Bertz CT molecular complexity index is 5510. The molecule has 0 spiro atoms. The van der Waals surface area contributed by atoms with Crippen LogP contribution >= 0.6 is 34.0 Å². The predicted molar refractivity (Wildman–Crippen MR) is 443 cm³/mol. The summed E-state index contributed by atoms with van der Waals surface area (Å²) >= 11 is 4.39. The number of ketones is 3. The van der Waals surface area contributed by atoms with E-state index in [1.165, 1.54) is 72.0 Å². The summed E-state index contributed by atoms with van der Waals surface area (Å²) in [5.74, 6) is 1.95. The minimum atomic E-state index is -0.544. The third-order valence-electron chi connectivity index (χ3n) is 21.6. The van der Waals surface area contributed by atoms with Crippen molar-refractivity contribution in [3.8, 4) is 66.2 Å². The van der Waals surface area contributed by atoms with Gasteiger partial charge in [0, 0.05) is 139 Å². The van der Waals surface area contributed by atoms with E-state index in [0.29, 0.717) is 130 Å². The van der Waals surface area contributed by atoms with Gasteiger partial charge in [-0.05, 0) is 124 Å². The summed E-state index contributed by atoms with van der Waals surface area (Å²) in [6.07, 6.45) is 20.2. The van der Waals surface area contributed by atoms with Crippen LogP contribution in [0.2, 0.25) is 0 Å². The Morgan fingerprint density at radius 3 is 1.08 bits per heavy atom. The monoisotopic (exact) mass is 1650 g/mol. The summed E-state index contributed by atoms with van der Waals surface area (Å²) < 4.78 is 75.0. The Morgan fingerprint density at radius 2 is 0.780 bits per heavy atom. The number of hydrogen-bond acceptors (Lipinski definition) is 21. The quantitative estimate of drug-likeness (QED) is 0.0463. The van der Waals surface area contributed by atoms with Crippen molar-refractivity contribution in [2.45, 2.75) is 124 Å². The van der Waals surface area contributed by atoms with Crippen LogP contribution in [-0.2, 0) is 72.3 Å². The Balaban J connectivity index is 0.000000138. The number of hydrogen-bond donors (Lipinski definition) is 0. The highest BCUT2D eigenvalue weighted by Gasteiger charge is 2.32. The standard InChI is InChI=1S/C31H29FN4O4S.2C29H26FN3O4S.CH4/c1-19(37)36-17-22(18-36)12-23(38)11-20-5-7-27(24(32)13-20)40-28-8-9-33-26-14-29(41-31(26)28)25-6-4-21(15-34-25)16-35-10-2-3-30(35)39;2*30-22-14-19(13-21(34)12-18-2-1-3-18)5-7-25(22)37-26-8-9-31-24-15-27(38-28(24)26)23-6-4-20(16-32-23)17-33-10-11-36-29(33)35;/h4-9,13-15,22H,2-3,10-12,16-18H2,1H3;2*4-9,14-16,18H,1-3,10-13,17H2;1H4. The number of carbonyl (C=O) groups excluding carboxylic acids is 7. The van der Waals surface area contributed by atoms with Gasteiger partial charge >= 0.3 is 12.2 Å². The molecule has 18 rings (SSSR count). The Morgan fingerprint density at radius 1 is 0.424 bits per heavy atom. The molecule has 4 amide bonds. The highest BCUT2D eigenvalue weighted by molar-refractivity contribution is 7.23. The number of thiophene rings is 3. The van der Waals surface area contributed by atoms with E-state index in [1.54, 1.807) is 106 Å². The largest absolute Gasteiger partial charge is 0.453 e. The number of halogens is 3. The molecule has 4 saturated heterocycles. The zero-order valence-corrected chi connectivity index (χ0v) is 66.5. The average molecular weight is 1650 g/mol. The van der Waals surface area contributed by atoms with Crippen LogP contribution < -0.4 is 14.2 Å². The number of pyridine rings is 6. The van der Waals surface area contributed by atoms with Crippen LogP contribution in [0, 0.1) is 35.2 Å². The van der Waals surface area contributed by atoms with E-state index in [4.69, 9.17) is 23.7 Å². The van der Waals surface area contributed by atoms with Crippen LogP contribution in [0.25, 0.3) is 62.4 Å². The van der Waals surface area contributed by atoms with Gasteiger partial charge in [-0.1, -0.05) is 82.3 Å². The number of rotatable bonds is 27. The van der Waals surface area contributed by atoms with Crippen molar-refractivity contribution < 1.29 is 70.4 Å². The molecule has 0 bridgehead atoms. The third-order valence-corrected chi connectivity index (χ3v) is 25.1. The number of cyclic esters (lactones) is 2. The molecule has 2 aliphatic carbocycles. The van der Waals surface area contributed by atoms with Gasteiger partial charge in [0.15, 0.2) is 34.7 Å². The molecule has 13 heterocycles.